The Morgan fingerprint density at radius 1 is 1.45 bits per heavy atom. The fourth-order valence-electron chi connectivity index (χ4n) is 0.868. The van der Waals surface area contributed by atoms with Crippen LogP contribution in [-0.2, 0) is 0 Å². The standard InChI is InChI=1S/C9H14N2/c1-7(2)9-6-5-8(3)11(4)10-9/h5-7H,3H2,1-2,4H3. The summed E-state index contributed by atoms with van der Waals surface area (Å²) in [6.45, 7) is 8.08. The summed E-state index contributed by atoms with van der Waals surface area (Å²) in [6, 6.07) is 0. The van der Waals surface area contributed by atoms with Crippen molar-refractivity contribution in [3.8, 4) is 0 Å². The molecule has 0 radical (unpaired) electrons. The van der Waals surface area contributed by atoms with Gasteiger partial charge in [0.1, 0.15) is 0 Å². The average molecular weight is 150 g/mol. The second-order valence-corrected chi connectivity index (χ2v) is 3.03. The zero-order valence-electron chi connectivity index (χ0n) is 7.33. The van der Waals surface area contributed by atoms with Gasteiger partial charge in [0.15, 0.2) is 0 Å². The molecule has 0 atom stereocenters. The Morgan fingerprint density at radius 3 is 2.55 bits per heavy atom. The van der Waals surface area contributed by atoms with E-state index in [4.69, 9.17) is 0 Å². The van der Waals surface area contributed by atoms with E-state index in [-0.39, 0.29) is 0 Å². The summed E-state index contributed by atoms with van der Waals surface area (Å²) in [5, 5.41) is 6.13. The van der Waals surface area contributed by atoms with Crippen LogP contribution in [0.1, 0.15) is 13.8 Å². The van der Waals surface area contributed by atoms with Crippen LogP contribution < -0.4 is 0 Å². The predicted octanol–water partition coefficient (Wildman–Crippen LogP) is 2.01. The Kier molecular flexibility index (Phi) is 2.13. The molecule has 0 saturated carbocycles. The van der Waals surface area contributed by atoms with Gasteiger partial charge >= 0.3 is 0 Å². The predicted molar refractivity (Wildman–Crippen MR) is 48.3 cm³/mol. The van der Waals surface area contributed by atoms with Crippen molar-refractivity contribution in [2.75, 3.05) is 7.05 Å². The number of rotatable bonds is 1. The van der Waals surface area contributed by atoms with Crippen molar-refractivity contribution in [2.45, 2.75) is 13.8 Å². The molecule has 0 aromatic carbocycles. The maximum Gasteiger partial charge on any atom is 0.0635 e. The van der Waals surface area contributed by atoms with Gasteiger partial charge < -0.3 is 0 Å². The Hall–Kier alpha value is -1.05. The summed E-state index contributed by atoms with van der Waals surface area (Å²) < 4.78 is 0. The molecule has 0 aromatic heterocycles. The Bertz CT molecular complexity index is 224. The summed E-state index contributed by atoms with van der Waals surface area (Å²) in [5.74, 6) is 0.488. The molecular weight excluding hydrogens is 136 g/mol. The molecule has 60 valence electrons. The second-order valence-electron chi connectivity index (χ2n) is 3.03. The van der Waals surface area contributed by atoms with Gasteiger partial charge in [0, 0.05) is 7.05 Å². The number of hydrogen-bond donors (Lipinski definition) is 0. The molecule has 1 aliphatic heterocycles. The molecule has 0 fully saturated rings. The lowest BCUT2D eigenvalue weighted by molar-refractivity contribution is 0.455. The summed E-state index contributed by atoms with van der Waals surface area (Å²) in [5.41, 5.74) is 2.05. The highest BCUT2D eigenvalue weighted by molar-refractivity contribution is 5.97. The SMILES string of the molecule is C=C1C=CC(C(C)C)=NN1C. The molecule has 2 heteroatoms. The lowest BCUT2D eigenvalue weighted by atomic mass is 10.1. The number of hydrazone groups is 1. The second kappa shape index (κ2) is 2.91. The summed E-state index contributed by atoms with van der Waals surface area (Å²) >= 11 is 0. The monoisotopic (exact) mass is 150 g/mol. The first-order valence-corrected chi connectivity index (χ1v) is 3.80. The number of likely N-dealkylation sites (N-methyl/N-ethyl adjacent to an activating group) is 1. The van der Waals surface area contributed by atoms with E-state index in [9.17, 15) is 0 Å². The Balaban J connectivity index is 2.80. The smallest absolute Gasteiger partial charge is 0.0635 e. The molecule has 0 N–H and O–H groups in total. The van der Waals surface area contributed by atoms with Gasteiger partial charge in [-0.3, -0.25) is 5.01 Å². The van der Waals surface area contributed by atoms with E-state index in [2.05, 4.69) is 25.5 Å². The van der Waals surface area contributed by atoms with Crippen molar-refractivity contribution >= 4 is 5.71 Å². The van der Waals surface area contributed by atoms with E-state index >= 15 is 0 Å². The van der Waals surface area contributed by atoms with Crippen LogP contribution in [-0.4, -0.2) is 17.8 Å². The maximum absolute atomic E-state index is 4.33. The Labute approximate surface area is 67.9 Å². The van der Waals surface area contributed by atoms with Gasteiger partial charge in [-0.25, -0.2) is 0 Å². The zero-order chi connectivity index (χ0) is 8.43. The average Bonchev–Trinajstić information content (AvgIpc) is 1.94. The fourth-order valence-corrected chi connectivity index (χ4v) is 0.868. The summed E-state index contributed by atoms with van der Waals surface area (Å²) in [6.07, 6.45) is 4.01. The number of allylic oxidation sites excluding steroid dienone is 2. The molecule has 11 heavy (non-hydrogen) atoms. The minimum atomic E-state index is 0.488. The fraction of sp³-hybridized carbons (Fsp3) is 0.444. The van der Waals surface area contributed by atoms with E-state index < -0.39 is 0 Å². The van der Waals surface area contributed by atoms with Crippen molar-refractivity contribution in [3.63, 3.8) is 0 Å². The molecule has 0 spiro atoms. The van der Waals surface area contributed by atoms with Crippen molar-refractivity contribution < 1.29 is 0 Å². The quantitative estimate of drug-likeness (QED) is 0.558. The molecule has 0 aliphatic carbocycles. The van der Waals surface area contributed by atoms with Gasteiger partial charge in [-0.1, -0.05) is 20.4 Å². The van der Waals surface area contributed by atoms with E-state index in [1.54, 1.807) is 5.01 Å². The van der Waals surface area contributed by atoms with Crippen molar-refractivity contribution in [1.29, 1.82) is 0 Å². The first-order chi connectivity index (χ1) is 5.11. The highest BCUT2D eigenvalue weighted by atomic mass is 15.4. The number of nitrogens with zero attached hydrogens (tertiary/aromatic N) is 2. The maximum atomic E-state index is 4.33. The van der Waals surface area contributed by atoms with E-state index in [1.165, 1.54) is 0 Å². The Morgan fingerprint density at radius 2 is 2.09 bits per heavy atom. The van der Waals surface area contributed by atoms with Crippen LogP contribution in [0, 0.1) is 5.92 Å². The van der Waals surface area contributed by atoms with E-state index in [1.807, 2.05) is 19.2 Å². The lowest BCUT2D eigenvalue weighted by Gasteiger charge is -2.20. The van der Waals surface area contributed by atoms with E-state index in [0.717, 1.165) is 11.4 Å². The minimum Gasteiger partial charge on any atom is -0.269 e. The minimum absolute atomic E-state index is 0.488. The van der Waals surface area contributed by atoms with Gasteiger partial charge in [0.25, 0.3) is 0 Å². The summed E-state index contributed by atoms with van der Waals surface area (Å²) in [4.78, 5) is 0. The van der Waals surface area contributed by atoms with Gasteiger partial charge in [-0.05, 0) is 18.1 Å². The van der Waals surface area contributed by atoms with E-state index in [0.29, 0.717) is 5.92 Å². The third-order valence-electron chi connectivity index (χ3n) is 1.72. The van der Waals surface area contributed by atoms with Gasteiger partial charge in [-0.15, -0.1) is 0 Å². The largest absolute Gasteiger partial charge is 0.269 e. The molecule has 1 aliphatic rings. The molecule has 0 bridgehead atoms. The van der Waals surface area contributed by atoms with Crippen molar-refractivity contribution in [3.05, 3.63) is 24.4 Å². The first-order valence-electron chi connectivity index (χ1n) is 3.80. The molecule has 0 amide bonds. The molecular formula is C9H14N2. The number of hydrogen-bond acceptors (Lipinski definition) is 2. The van der Waals surface area contributed by atoms with Gasteiger partial charge in [0.2, 0.25) is 0 Å². The zero-order valence-corrected chi connectivity index (χ0v) is 7.33. The molecule has 0 saturated heterocycles. The normalized spacial score (nSPS) is 17.6. The third kappa shape index (κ3) is 1.70. The van der Waals surface area contributed by atoms with Gasteiger partial charge in [-0.2, -0.15) is 5.10 Å². The van der Waals surface area contributed by atoms with Crippen LogP contribution in [0.4, 0.5) is 0 Å². The van der Waals surface area contributed by atoms with Gasteiger partial charge in [0.05, 0.1) is 11.4 Å². The highest BCUT2D eigenvalue weighted by Crippen LogP contribution is 2.11. The van der Waals surface area contributed by atoms with Crippen LogP contribution in [0.5, 0.6) is 0 Å². The van der Waals surface area contributed by atoms with Crippen LogP contribution in [0.25, 0.3) is 0 Å². The molecule has 1 rings (SSSR count). The highest BCUT2D eigenvalue weighted by Gasteiger charge is 2.08. The van der Waals surface area contributed by atoms with Crippen LogP contribution in [0.15, 0.2) is 29.5 Å². The molecule has 1 heterocycles. The molecule has 2 nitrogen and oxygen atoms in total. The van der Waals surface area contributed by atoms with Crippen LogP contribution >= 0.6 is 0 Å². The van der Waals surface area contributed by atoms with Crippen molar-refractivity contribution in [1.82, 2.24) is 5.01 Å². The molecule has 0 unspecified atom stereocenters. The lowest BCUT2D eigenvalue weighted by Crippen LogP contribution is -2.18. The topological polar surface area (TPSA) is 15.6 Å². The van der Waals surface area contributed by atoms with Crippen molar-refractivity contribution in [2.24, 2.45) is 11.0 Å². The first kappa shape index (κ1) is 8.05. The summed E-state index contributed by atoms with van der Waals surface area (Å²) in [7, 11) is 1.91. The third-order valence-corrected chi connectivity index (χ3v) is 1.72. The van der Waals surface area contributed by atoms with Crippen LogP contribution in [0.2, 0.25) is 0 Å². The van der Waals surface area contributed by atoms with Crippen LogP contribution in [0.3, 0.4) is 0 Å². The molecule has 0 aromatic rings.